The molecular formula is C31H38N6O2. The Morgan fingerprint density at radius 2 is 1.85 bits per heavy atom. The van der Waals surface area contributed by atoms with Gasteiger partial charge in [-0.05, 0) is 62.9 Å². The van der Waals surface area contributed by atoms with E-state index in [1.54, 1.807) is 0 Å². The van der Waals surface area contributed by atoms with Crippen LogP contribution in [0.25, 0.3) is 10.8 Å². The van der Waals surface area contributed by atoms with E-state index in [4.69, 9.17) is 14.7 Å². The lowest BCUT2D eigenvalue weighted by Crippen LogP contribution is -2.49. The normalized spacial score (nSPS) is 19.8. The number of nitrogens with zero attached hydrogens (tertiary/aromatic N) is 6. The van der Waals surface area contributed by atoms with Crippen molar-refractivity contribution in [2.75, 3.05) is 62.7 Å². The number of amides is 1. The minimum absolute atomic E-state index is 0.00917. The number of aromatic nitrogens is 2. The van der Waals surface area contributed by atoms with E-state index in [1.165, 1.54) is 40.1 Å². The lowest BCUT2D eigenvalue weighted by Gasteiger charge is -2.38. The second-order valence-electron chi connectivity index (χ2n) is 11.0. The van der Waals surface area contributed by atoms with Gasteiger partial charge in [-0.25, -0.2) is 0 Å². The molecular weight excluding hydrogens is 488 g/mol. The summed E-state index contributed by atoms with van der Waals surface area (Å²) in [5.74, 6) is 0.958. The minimum atomic E-state index is -0.00917. The van der Waals surface area contributed by atoms with Crippen LogP contribution in [0, 0.1) is 6.92 Å². The van der Waals surface area contributed by atoms with E-state index < -0.39 is 0 Å². The van der Waals surface area contributed by atoms with Crippen molar-refractivity contribution in [3.63, 3.8) is 0 Å². The van der Waals surface area contributed by atoms with Gasteiger partial charge in [0, 0.05) is 55.4 Å². The number of hydrogen-bond acceptors (Lipinski definition) is 7. The van der Waals surface area contributed by atoms with Crippen molar-refractivity contribution < 1.29 is 9.53 Å². The van der Waals surface area contributed by atoms with Crippen LogP contribution in [0.15, 0.2) is 49.1 Å². The van der Waals surface area contributed by atoms with Gasteiger partial charge in [0.2, 0.25) is 5.91 Å². The summed E-state index contributed by atoms with van der Waals surface area (Å²) in [6.07, 6.45) is 4.61. The fraction of sp³-hybridized carbons (Fsp3) is 0.452. The van der Waals surface area contributed by atoms with E-state index in [1.807, 2.05) is 4.90 Å². The summed E-state index contributed by atoms with van der Waals surface area (Å²) in [6, 6.07) is 13.9. The highest BCUT2D eigenvalue weighted by Gasteiger charge is 2.29. The molecule has 3 aliphatic heterocycles. The smallest absolute Gasteiger partial charge is 0.318 e. The Kier molecular flexibility index (Phi) is 7.12. The van der Waals surface area contributed by atoms with Crippen LogP contribution in [0.1, 0.15) is 29.7 Å². The molecule has 0 radical (unpaired) electrons. The van der Waals surface area contributed by atoms with Gasteiger partial charge < -0.3 is 24.3 Å². The molecule has 8 heteroatoms. The van der Waals surface area contributed by atoms with Gasteiger partial charge in [-0.1, -0.05) is 36.9 Å². The number of ether oxygens (including phenoxy) is 1. The summed E-state index contributed by atoms with van der Waals surface area (Å²) in [7, 11) is 2.16. The van der Waals surface area contributed by atoms with Crippen LogP contribution in [0.3, 0.4) is 0 Å². The first-order chi connectivity index (χ1) is 19.0. The molecule has 0 N–H and O–H groups in total. The Labute approximate surface area is 230 Å². The third-order valence-corrected chi connectivity index (χ3v) is 8.60. The fourth-order valence-electron chi connectivity index (χ4n) is 6.32. The molecule has 3 aliphatic rings. The Hall–Kier alpha value is -3.65. The zero-order chi connectivity index (χ0) is 26.9. The second kappa shape index (κ2) is 10.8. The van der Waals surface area contributed by atoms with Gasteiger partial charge in [0.05, 0.1) is 12.2 Å². The van der Waals surface area contributed by atoms with Gasteiger partial charge in [-0.2, -0.15) is 9.97 Å². The van der Waals surface area contributed by atoms with E-state index in [0.29, 0.717) is 38.3 Å². The average molecular weight is 527 g/mol. The highest BCUT2D eigenvalue weighted by atomic mass is 16.5. The summed E-state index contributed by atoms with van der Waals surface area (Å²) >= 11 is 0. The number of fused-ring (bicyclic) bond motifs is 2. The Morgan fingerprint density at radius 1 is 1.05 bits per heavy atom. The molecule has 0 unspecified atom stereocenters. The summed E-state index contributed by atoms with van der Waals surface area (Å²) < 4.78 is 6.28. The van der Waals surface area contributed by atoms with Crippen LogP contribution in [-0.2, 0) is 17.8 Å². The quantitative estimate of drug-likeness (QED) is 0.453. The Morgan fingerprint density at radius 3 is 2.59 bits per heavy atom. The van der Waals surface area contributed by atoms with Crippen LogP contribution in [0.5, 0.6) is 6.01 Å². The second-order valence-corrected chi connectivity index (χ2v) is 11.0. The fourth-order valence-corrected chi connectivity index (χ4v) is 6.32. The van der Waals surface area contributed by atoms with Gasteiger partial charge in [0.1, 0.15) is 12.4 Å². The van der Waals surface area contributed by atoms with Gasteiger partial charge >= 0.3 is 6.01 Å². The van der Waals surface area contributed by atoms with Gasteiger partial charge in [-0.15, -0.1) is 0 Å². The SMILES string of the molecule is C=CC(=O)N1CCN(c2nc(OC[C@@H]3CCCN3C)nc3c2CCN(c2cccc4cccc(C)c24)C3)CC1. The van der Waals surface area contributed by atoms with Crippen LogP contribution in [0.2, 0.25) is 0 Å². The number of aryl methyl sites for hydroxylation is 1. The molecule has 1 aromatic heterocycles. The summed E-state index contributed by atoms with van der Waals surface area (Å²) in [5, 5.41) is 2.57. The standard InChI is InChI=1S/C31H38N6O2/c1-4-28(38)35-16-18-36(19-17-35)30-25-13-15-37(27-12-6-10-23-9-5-8-22(2)29(23)27)20-26(25)32-31(33-30)39-21-24-11-7-14-34(24)3/h4-6,8-10,12,24H,1,7,11,13-21H2,2-3H3/t24-/m0/s1. The summed E-state index contributed by atoms with van der Waals surface area (Å²) in [6.45, 7) is 12.0. The first kappa shape index (κ1) is 25.6. The lowest BCUT2D eigenvalue weighted by atomic mass is 9.99. The van der Waals surface area contributed by atoms with Crippen LogP contribution in [0.4, 0.5) is 11.5 Å². The van der Waals surface area contributed by atoms with Crippen LogP contribution in [-0.4, -0.2) is 84.6 Å². The number of carbonyl (C=O) groups excluding carboxylic acids is 1. The molecule has 2 fully saturated rings. The molecule has 39 heavy (non-hydrogen) atoms. The molecule has 0 spiro atoms. The first-order valence-electron chi connectivity index (χ1n) is 14.1. The van der Waals surface area contributed by atoms with Crippen molar-refractivity contribution in [2.24, 2.45) is 0 Å². The molecule has 2 saturated heterocycles. The predicted molar refractivity (Wildman–Crippen MR) is 156 cm³/mol. The van der Waals surface area contributed by atoms with Crippen molar-refractivity contribution in [3.8, 4) is 6.01 Å². The lowest BCUT2D eigenvalue weighted by molar-refractivity contribution is -0.126. The molecule has 0 saturated carbocycles. The van der Waals surface area contributed by atoms with Crippen molar-refractivity contribution in [3.05, 3.63) is 65.9 Å². The van der Waals surface area contributed by atoms with Crippen molar-refractivity contribution in [1.82, 2.24) is 19.8 Å². The highest BCUT2D eigenvalue weighted by molar-refractivity contribution is 5.97. The molecule has 0 aliphatic carbocycles. The first-order valence-corrected chi connectivity index (χ1v) is 14.1. The number of likely N-dealkylation sites (tertiary alicyclic amines) is 1. The summed E-state index contributed by atoms with van der Waals surface area (Å²) in [4.78, 5) is 31.1. The van der Waals surface area contributed by atoms with E-state index in [0.717, 1.165) is 50.5 Å². The van der Waals surface area contributed by atoms with Gasteiger partial charge in [0.25, 0.3) is 0 Å². The van der Waals surface area contributed by atoms with E-state index in [9.17, 15) is 4.79 Å². The Bertz CT molecular complexity index is 1380. The monoisotopic (exact) mass is 526 g/mol. The molecule has 3 aromatic rings. The van der Waals surface area contributed by atoms with E-state index >= 15 is 0 Å². The van der Waals surface area contributed by atoms with E-state index in [2.05, 4.69) is 71.6 Å². The number of piperazine rings is 1. The molecule has 8 nitrogen and oxygen atoms in total. The van der Waals surface area contributed by atoms with Crippen molar-refractivity contribution in [2.45, 2.75) is 38.8 Å². The topological polar surface area (TPSA) is 65.0 Å². The largest absolute Gasteiger partial charge is 0.462 e. The van der Waals surface area contributed by atoms with Crippen molar-refractivity contribution in [1.29, 1.82) is 0 Å². The maximum Gasteiger partial charge on any atom is 0.318 e. The zero-order valence-electron chi connectivity index (χ0n) is 23.1. The van der Waals surface area contributed by atoms with Gasteiger partial charge in [-0.3, -0.25) is 4.79 Å². The molecule has 6 rings (SSSR count). The number of benzene rings is 2. The number of anilines is 2. The Balaban J connectivity index is 1.31. The maximum atomic E-state index is 12.2. The average Bonchev–Trinajstić information content (AvgIpc) is 3.39. The van der Waals surface area contributed by atoms with Crippen LogP contribution < -0.4 is 14.5 Å². The zero-order valence-corrected chi connectivity index (χ0v) is 23.1. The van der Waals surface area contributed by atoms with Crippen LogP contribution >= 0.6 is 0 Å². The minimum Gasteiger partial charge on any atom is -0.462 e. The summed E-state index contributed by atoms with van der Waals surface area (Å²) in [5.41, 5.74) is 4.78. The highest BCUT2D eigenvalue weighted by Crippen LogP contribution is 2.35. The predicted octanol–water partition coefficient (Wildman–Crippen LogP) is 3.81. The molecule has 4 heterocycles. The number of rotatable bonds is 6. The maximum absolute atomic E-state index is 12.2. The third-order valence-electron chi connectivity index (χ3n) is 8.60. The number of likely N-dealkylation sites (N-methyl/N-ethyl adjacent to an activating group) is 1. The third kappa shape index (κ3) is 5.05. The molecule has 2 aromatic carbocycles. The molecule has 1 atom stereocenters. The van der Waals surface area contributed by atoms with Crippen molar-refractivity contribution >= 4 is 28.2 Å². The number of carbonyl (C=O) groups is 1. The molecule has 1 amide bonds. The molecule has 204 valence electrons. The van der Waals surface area contributed by atoms with E-state index in [-0.39, 0.29) is 5.91 Å². The van der Waals surface area contributed by atoms with Gasteiger partial charge in [0.15, 0.2) is 0 Å². The molecule has 0 bridgehead atoms. The number of hydrogen-bond donors (Lipinski definition) is 0.